The van der Waals surface area contributed by atoms with Crippen LogP contribution < -0.4 is 5.32 Å². The van der Waals surface area contributed by atoms with Crippen LogP contribution >= 0.6 is 0 Å². The second-order valence-electron chi connectivity index (χ2n) is 5.89. The minimum absolute atomic E-state index is 0.177. The fourth-order valence-electron chi connectivity index (χ4n) is 2.97. The molecule has 0 aromatic heterocycles. The molecule has 2 unspecified atom stereocenters. The lowest BCUT2D eigenvalue weighted by atomic mass is 9.97. The fourth-order valence-corrected chi connectivity index (χ4v) is 2.97. The molecule has 0 saturated carbocycles. The van der Waals surface area contributed by atoms with Crippen LogP contribution in [0.5, 0.6) is 0 Å². The number of nitrogens with zero attached hydrogens (tertiary/aromatic N) is 1. The Morgan fingerprint density at radius 2 is 1.79 bits per heavy atom. The monoisotopic (exact) mass is 260 g/mol. The summed E-state index contributed by atoms with van der Waals surface area (Å²) < 4.78 is 0. The van der Waals surface area contributed by atoms with E-state index in [2.05, 4.69) is 38.2 Å². The molecule has 1 aromatic carbocycles. The maximum absolute atomic E-state index is 12.8. The van der Waals surface area contributed by atoms with Gasteiger partial charge in [-0.05, 0) is 45.7 Å². The average Bonchev–Trinajstić information content (AvgIpc) is 2.30. The number of nitrogens with one attached hydrogen (secondary N) is 1. The standard InChI is InChI=1S/C16H24N2O/c1-10-6-11(2)15(12(3)7-10)16(19)18-9-13(4)17-8-14(18)5/h6-7,13-14,17H,8-9H2,1-5H3. The smallest absolute Gasteiger partial charge is 0.254 e. The molecule has 1 amide bonds. The fraction of sp³-hybridized carbons (Fsp3) is 0.562. The summed E-state index contributed by atoms with van der Waals surface area (Å²) in [6.45, 7) is 12.0. The van der Waals surface area contributed by atoms with Crippen LogP contribution in [0.1, 0.15) is 40.9 Å². The predicted molar refractivity (Wildman–Crippen MR) is 78.6 cm³/mol. The maximum atomic E-state index is 12.8. The minimum Gasteiger partial charge on any atom is -0.333 e. The first-order valence-electron chi connectivity index (χ1n) is 7.02. The lowest BCUT2D eigenvalue weighted by molar-refractivity contribution is 0.0615. The van der Waals surface area contributed by atoms with Gasteiger partial charge in [0.05, 0.1) is 0 Å². The highest BCUT2D eigenvalue weighted by Gasteiger charge is 2.28. The van der Waals surface area contributed by atoms with Crippen molar-refractivity contribution in [2.75, 3.05) is 13.1 Å². The van der Waals surface area contributed by atoms with E-state index < -0.39 is 0 Å². The molecule has 0 aliphatic carbocycles. The molecule has 1 saturated heterocycles. The molecule has 3 nitrogen and oxygen atoms in total. The molecule has 0 spiro atoms. The summed E-state index contributed by atoms with van der Waals surface area (Å²) in [6, 6.07) is 4.81. The second-order valence-corrected chi connectivity index (χ2v) is 5.89. The molecule has 0 bridgehead atoms. The van der Waals surface area contributed by atoms with Crippen molar-refractivity contribution in [3.05, 3.63) is 34.4 Å². The second kappa shape index (κ2) is 5.33. The summed E-state index contributed by atoms with van der Waals surface area (Å²) in [5.41, 5.74) is 4.27. The third-order valence-electron chi connectivity index (χ3n) is 3.92. The number of aryl methyl sites for hydroxylation is 3. The first-order valence-corrected chi connectivity index (χ1v) is 7.02. The lowest BCUT2D eigenvalue weighted by Crippen LogP contribution is -2.56. The Balaban J connectivity index is 2.33. The number of amides is 1. The zero-order chi connectivity index (χ0) is 14.2. The van der Waals surface area contributed by atoms with Gasteiger partial charge in [-0.1, -0.05) is 17.7 Å². The molecule has 19 heavy (non-hydrogen) atoms. The molecule has 1 aliphatic heterocycles. The Morgan fingerprint density at radius 1 is 1.21 bits per heavy atom. The van der Waals surface area contributed by atoms with Crippen molar-refractivity contribution in [1.29, 1.82) is 0 Å². The van der Waals surface area contributed by atoms with Crippen LogP contribution in [0.3, 0.4) is 0 Å². The number of carbonyl (C=O) groups is 1. The Bertz CT molecular complexity index is 473. The highest BCUT2D eigenvalue weighted by molar-refractivity contribution is 5.97. The maximum Gasteiger partial charge on any atom is 0.254 e. The van der Waals surface area contributed by atoms with Crippen molar-refractivity contribution in [3.63, 3.8) is 0 Å². The zero-order valence-electron chi connectivity index (χ0n) is 12.6. The van der Waals surface area contributed by atoms with E-state index in [9.17, 15) is 4.79 Å². The van der Waals surface area contributed by atoms with Gasteiger partial charge >= 0.3 is 0 Å². The van der Waals surface area contributed by atoms with Gasteiger partial charge in [0, 0.05) is 30.7 Å². The number of benzene rings is 1. The molecule has 1 heterocycles. The number of rotatable bonds is 1. The largest absolute Gasteiger partial charge is 0.333 e. The summed E-state index contributed by atoms with van der Waals surface area (Å²) >= 11 is 0. The van der Waals surface area contributed by atoms with Crippen LogP contribution in [0.25, 0.3) is 0 Å². The predicted octanol–water partition coefficient (Wildman–Crippen LogP) is 2.43. The molecule has 2 atom stereocenters. The molecular formula is C16H24N2O. The average molecular weight is 260 g/mol. The van der Waals surface area contributed by atoms with Crippen LogP contribution in [0.2, 0.25) is 0 Å². The summed E-state index contributed by atoms with van der Waals surface area (Å²) in [6.07, 6.45) is 0. The molecule has 1 fully saturated rings. The van der Waals surface area contributed by atoms with Crippen LogP contribution in [0, 0.1) is 20.8 Å². The van der Waals surface area contributed by atoms with E-state index in [1.54, 1.807) is 0 Å². The molecule has 1 aliphatic rings. The zero-order valence-corrected chi connectivity index (χ0v) is 12.6. The molecule has 104 valence electrons. The lowest BCUT2D eigenvalue weighted by Gasteiger charge is -2.38. The highest BCUT2D eigenvalue weighted by Crippen LogP contribution is 2.20. The number of hydrogen-bond donors (Lipinski definition) is 1. The van der Waals surface area contributed by atoms with Gasteiger partial charge in [-0.3, -0.25) is 4.79 Å². The van der Waals surface area contributed by atoms with Crippen molar-refractivity contribution in [3.8, 4) is 0 Å². The third kappa shape index (κ3) is 2.81. The van der Waals surface area contributed by atoms with Crippen molar-refractivity contribution in [2.24, 2.45) is 0 Å². The van der Waals surface area contributed by atoms with E-state index in [-0.39, 0.29) is 11.9 Å². The Labute approximate surface area is 116 Å². The van der Waals surface area contributed by atoms with Gasteiger partial charge in [-0.15, -0.1) is 0 Å². The highest BCUT2D eigenvalue weighted by atomic mass is 16.2. The van der Waals surface area contributed by atoms with Gasteiger partial charge in [0.25, 0.3) is 5.91 Å². The molecule has 1 aromatic rings. The van der Waals surface area contributed by atoms with Crippen molar-refractivity contribution in [1.82, 2.24) is 10.2 Å². The topological polar surface area (TPSA) is 32.3 Å². The van der Waals surface area contributed by atoms with E-state index in [1.807, 2.05) is 18.7 Å². The molecule has 0 radical (unpaired) electrons. The Kier molecular flexibility index (Phi) is 3.95. The summed E-state index contributed by atoms with van der Waals surface area (Å²) in [5.74, 6) is 0.177. The van der Waals surface area contributed by atoms with E-state index in [0.717, 1.165) is 29.8 Å². The van der Waals surface area contributed by atoms with Crippen LogP contribution in [-0.2, 0) is 0 Å². The first-order chi connectivity index (χ1) is 8.90. The van der Waals surface area contributed by atoms with Crippen molar-refractivity contribution < 1.29 is 4.79 Å². The van der Waals surface area contributed by atoms with Crippen molar-refractivity contribution >= 4 is 5.91 Å². The number of carbonyl (C=O) groups excluding carboxylic acids is 1. The van der Waals surface area contributed by atoms with Gasteiger partial charge in [0.1, 0.15) is 0 Å². The first kappa shape index (κ1) is 14.1. The quantitative estimate of drug-likeness (QED) is 0.841. The molecule has 2 rings (SSSR count). The summed E-state index contributed by atoms with van der Waals surface area (Å²) in [4.78, 5) is 14.8. The summed E-state index contributed by atoms with van der Waals surface area (Å²) in [7, 11) is 0. The van der Waals surface area contributed by atoms with E-state index >= 15 is 0 Å². The van der Waals surface area contributed by atoms with E-state index in [0.29, 0.717) is 6.04 Å². The van der Waals surface area contributed by atoms with E-state index in [1.165, 1.54) is 5.56 Å². The third-order valence-corrected chi connectivity index (χ3v) is 3.92. The number of hydrogen-bond acceptors (Lipinski definition) is 2. The molecule has 3 heteroatoms. The van der Waals surface area contributed by atoms with Gasteiger partial charge in [0.15, 0.2) is 0 Å². The van der Waals surface area contributed by atoms with Gasteiger partial charge in [-0.2, -0.15) is 0 Å². The van der Waals surface area contributed by atoms with Crippen LogP contribution in [0.4, 0.5) is 0 Å². The van der Waals surface area contributed by atoms with Crippen LogP contribution in [-0.4, -0.2) is 36.0 Å². The SMILES string of the molecule is Cc1cc(C)c(C(=O)N2CC(C)NCC2C)c(C)c1. The minimum atomic E-state index is 0.177. The molecule has 1 N–H and O–H groups in total. The van der Waals surface area contributed by atoms with E-state index in [4.69, 9.17) is 0 Å². The normalized spacial score (nSPS) is 23.5. The van der Waals surface area contributed by atoms with Gasteiger partial charge in [0.2, 0.25) is 0 Å². The van der Waals surface area contributed by atoms with Crippen LogP contribution in [0.15, 0.2) is 12.1 Å². The molecular weight excluding hydrogens is 236 g/mol. The Morgan fingerprint density at radius 3 is 2.37 bits per heavy atom. The Hall–Kier alpha value is -1.35. The number of piperazine rings is 1. The van der Waals surface area contributed by atoms with Gasteiger partial charge in [-0.25, -0.2) is 0 Å². The van der Waals surface area contributed by atoms with Crippen molar-refractivity contribution in [2.45, 2.75) is 46.7 Å². The van der Waals surface area contributed by atoms with Gasteiger partial charge < -0.3 is 10.2 Å². The summed E-state index contributed by atoms with van der Waals surface area (Å²) in [5, 5.41) is 3.41.